The molecular formula is C20H20N6OS. The molecule has 1 N–H and O–H groups in total. The van der Waals surface area contributed by atoms with Crippen LogP contribution in [0.4, 0.5) is 5.13 Å². The van der Waals surface area contributed by atoms with Gasteiger partial charge in [0.25, 0.3) is 5.91 Å². The van der Waals surface area contributed by atoms with Crippen molar-refractivity contribution in [1.29, 1.82) is 0 Å². The molecular weight excluding hydrogens is 372 g/mol. The van der Waals surface area contributed by atoms with Crippen molar-refractivity contribution in [2.24, 2.45) is 14.1 Å². The van der Waals surface area contributed by atoms with Crippen molar-refractivity contribution in [1.82, 2.24) is 24.3 Å². The van der Waals surface area contributed by atoms with E-state index < -0.39 is 0 Å². The van der Waals surface area contributed by atoms with Crippen molar-refractivity contribution in [2.75, 3.05) is 5.32 Å². The highest BCUT2D eigenvalue weighted by atomic mass is 32.1. The fourth-order valence-corrected chi connectivity index (χ4v) is 4.07. The molecule has 0 bridgehead atoms. The van der Waals surface area contributed by atoms with Gasteiger partial charge in [0.15, 0.2) is 11.0 Å². The van der Waals surface area contributed by atoms with Gasteiger partial charge < -0.3 is 4.57 Å². The lowest BCUT2D eigenvalue weighted by molar-refractivity contribution is 0.102. The van der Waals surface area contributed by atoms with Crippen LogP contribution in [0.15, 0.2) is 48.9 Å². The fourth-order valence-electron chi connectivity index (χ4n) is 3.05. The van der Waals surface area contributed by atoms with Crippen LogP contribution in [0.1, 0.15) is 23.0 Å². The molecule has 4 aromatic rings. The number of thiazole rings is 1. The van der Waals surface area contributed by atoms with Crippen molar-refractivity contribution in [2.45, 2.75) is 13.3 Å². The summed E-state index contributed by atoms with van der Waals surface area (Å²) in [6, 6.07) is 9.91. The number of hydrogen-bond acceptors (Lipinski definition) is 5. The van der Waals surface area contributed by atoms with Crippen molar-refractivity contribution in [3.05, 3.63) is 60.2 Å². The molecule has 0 spiro atoms. The predicted octanol–water partition coefficient (Wildman–Crippen LogP) is 3.76. The largest absolute Gasteiger partial charge is 0.333 e. The second-order valence-electron chi connectivity index (χ2n) is 6.40. The molecule has 0 saturated carbocycles. The fraction of sp³-hybridized carbons (Fsp3) is 0.200. The Labute approximate surface area is 166 Å². The molecule has 142 valence electrons. The maximum atomic E-state index is 12.8. The lowest BCUT2D eigenvalue weighted by Gasteiger charge is -2.02. The molecule has 7 nitrogen and oxygen atoms in total. The molecule has 1 amide bonds. The highest BCUT2D eigenvalue weighted by Gasteiger charge is 2.21. The lowest BCUT2D eigenvalue weighted by Crippen LogP contribution is -2.12. The molecule has 0 unspecified atom stereocenters. The third kappa shape index (κ3) is 3.34. The highest BCUT2D eigenvalue weighted by molar-refractivity contribution is 7.19. The molecule has 3 heterocycles. The molecule has 0 aliphatic rings. The van der Waals surface area contributed by atoms with Crippen LogP contribution in [0.25, 0.3) is 22.0 Å². The average Bonchev–Trinajstić information content (AvgIpc) is 3.40. The maximum Gasteiger partial charge on any atom is 0.260 e. The first-order valence-corrected chi connectivity index (χ1v) is 9.76. The molecule has 0 radical (unpaired) electrons. The van der Waals surface area contributed by atoms with Gasteiger partial charge in [-0.1, -0.05) is 48.6 Å². The van der Waals surface area contributed by atoms with E-state index in [0.717, 1.165) is 27.7 Å². The van der Waals surface area contributed by atoms with Gasteiger partial charge in [0.1, 0.15) is 0 Å². The van der Waals surface area contributed by atoms with Crippen LogP contribution in [0.3, 0.4) is 0 Å². The number of aryl methyl sites for hydroxylation is 3. The summed E-state index contributed by atoms with van der Waals surface area (Å²) in [5, 5.41) is 7.81. The zero-order valence-electron chi connectivity index (χ0n) is 15.9. The second-order valence-corrected chi connectivity index (χ2v) is 7.39. The van der Waals surface area contributed by atoms with Crippen LogP contribution in [0, 0.1) is 0 Å². The summed E-state index contributed by atoms with van der Waals surface area (Å²) in [4.78, 5) is 22.9. The van der Waals surface area contributed by atoms with Gasteiger partial charge >= 0.3 is 0 Å². The van der Waals surface area contributed by atoms with Gasteiger partial charge in [-0.2, -0.15) is 5.10 Å². The standard InChI is InChI=1S/C20H20N6OS/c1-4-15-14(12-26(3)24-15)19(27)23-20-22-16(13-8-6-5-7-9-13)17(28-20)18-21-10-11-25(18)2/h5-12H,4H2,1-3H3,(H,22,23,27). The zero-order valence-corrected chi connectivity index (χ0v) is 16.7. The van der Waals surface area contributed by atoms with Gasteiger partial charge in [-0.05, 0) is 6.42 Å². The Kier molecular flexibility index (Phi) is 4.79. The monoisotopic (exact) mass is 392 g/mol. The van der Waals surface area contributed by atoms with E-state index in [-0.39, 0.29) is 5.91 Å². The first-order chi connectivity index (χ1) is 13.6. The third-order valence-corrected chi connectivity index (χ3v) is 5.37. The van der Waals surface area contributed by atoms with Crippen LogP contribution >= 0.6 is 11.3 Å². The van der Waals surface area contributed by atoms with E-state index in [4.69, 9.17) is 4.98 Å². The molecule has 0 fully saturated rings. The normalized spacial score (nSPS) is 11.0. The van der Waals surface area contributed by atoms with E-state index in [2.05, 4.69) is 15.4 Å². The number of nitrogens with one attached hydrogen (secondary N) is 1. The summed E-state index contributed by atoms with van der Waals surface area (Å²) in [7, 11) is 3.75. The summed E-state index contributed by atoms with van der Waals surface area (Å²) in [6.07, 6.45) is 6.07. The minimum Gasteiger partial charge on any atom is -0.333 e. The van der Waals surface area contributed by atoms with Gasteiger partial charge in [-0.25, -0.2) is 9.97 Å². The topological polar surface area (TPSA) is 77.6 Å². The van der Waals surface area contributed by atoms with Gasteiger partial charge in [0.2, 0.25) is 0 Å². The third-order valence-electron chi connectivity index (χ3n) is 4.40. The van der Waals surface area contributed by atoms with Gasteiger partial charge in [0, 0.05) is 38.2 Å². The number of rotatable bonds is 5. The number of anilines is 1. The predicted molar refractivity (Wildman–Crippen MR) is 110 cm³/mol. The van der Waals surface area contributed by atoms with E-state index >= 15 is 0 Å². The molecule has 3 aromatic heterocycles. The number of amides is 1. The van der Waals surface area contributed by atoms with Crippen molar-refractivity contribution in [3.63, 3.8) is 0 Å². The van der Waals surface area contributed by atoms with Crippen LogP contribution in [-0.2, 0) is 20.5 Å². The average molecular weight is 392 g/mol. The van der Waals surface area contributed by atoms with Crippen LogP contribution in [0.5, 0.6) is 0 Å². The molecule has 0 aliphatic carbocycles. The SMILES string of the molecule is CCc1nn(C)cc1C(=O)Nc1nc(-c2ccccc2)c(-c2nccn2C)s1. The summed E-state index contributed by atoms with van der Waals surface area (Å²) >= 11 is 1.42. The van der Waals surface area contributed by atoms with Gasteiger partial charge in [-0.15, -0.1) is 0 Å². The second kappa shape index (κ2) is 7.40. The summed E-state index contributed by atoms with van der Waals surface area (Å²) < 4.78 is 3.60. The lowest BCUT2D eigenvalue weighted by atomic mass is 10.1. The Morgan fingerprint density at radius 1 is 1.21 bits per heavy atom. The Bertz CT molecular complexity index is 1120. The molecule has 0 atom stereocenters. The maximum absolute atomic E-state index is 12.8. The van der Waals surface area contributed by atoms with Crippen molar-refractivity contribution >= 4 is 22.4 Å². The molecule has 0 saturated heterocycles. The molecule has 8 heteroatoms. The Balaban J connectivity index is 1.73. The van der Waals surface area contributed by atoms with Gasteiger partial charge in [-0.3, -0.25) is 14.8 Å². The quantitative estimate of drug-likeness (QED) is 0.561. The number of aromatic nitrogens is 5. The first-order valence-electron chi connectivity index (χ1n) is 8.94. The number of carbonyl (C=O) groups is 1. The summed E-state index contributed by atoms with van der Waals surface area (Å²) in [6.45, 7) is 1.98. The van der Waals surface area contributed by atoms with Gasteiger partial charge in [0.05, 0.1) is 21.8 Å². The van der Waals surface area contributed by atoms with E-state index in [1.54, 1.807) is 17.1 Å². The molecule has 0 aliphatic heterocycles. The minimum absolute atomic E-state index is 0.204. The van der Waals surface area contributed by atoms with Crippen LogP contribution in [-0.4, -0.2) is 30.2 Å². The smallest absolute Gasteiger partial charge is 0.260 e. The number of carbonyl (C=O) groups excluding carboxylic acids is 1. The summed E-state index contributed by atoms with van der Waals surface area (Å²) in [5.41, 5.74) is 3.12. The van der Waals surface area contributed by atoms with Crippen LogP contribution in [0.2, 0.25) is 0 Å². The van der Waals surface area contributed by atoms with Crippen molar-refractivity contribution in [3.8, 4) is 22.0 Å². The van der Waals surface area contributed by atoms with E-state index in [9.17, 15) is 4.79 Å². The van der Waals surface area contributed by atoms with Crippen LogP contribution < -0.4 is 5.32 Å². The Hall–Kier alpha value is -3.26. The number of imidazole rings is 1. The minimum atomic E-state index is -0.204. The van der Waals surface area contributed by atoms with E-state index in [0.29, 0.717) is 17.1 Å². The van der Waals surface area contributed by atoms with E-state index in [1.165, 1.54) is 11.3 Å². The number of nitrogens with zero attached hydrogens (tertiary/aromatic N) is 5. The highest BCUT2D eigenvalue weighted by Crippen LogP contribution is 2.38. The zero-order chi connectivity index (χ0) is 19.7. The first kappa shape index (κ1) is 18.1. The molecule has 1 aromatic carbocycles. The number of benzene rings is 1. The van der Waals surface area contributed by atoms with E-state index in [1.807, 2.05) is 62.1 Å². The molecule has 4 rings (SSSR count). The summed E-state index contributed by atoms with van der Waals surface area (Å²) in [5.74, 6) is 0.608. The number of hydrogen-bond donors (Lipinski definition) is 1. The van der Waals surface area contributed by atoms with Crippen molar-refractivity contribution < 1.29 is 4.79 Å². The molecule has 28 heavy (non-hydrogen) atoms. The Morgan fingerprint density at radius 3 is 2.68 bits per heavy atom. The Morgan fingerprint density at radius 2 is 2.00 bits per heavy atom.